The van der Waals surface area contributed by atoms with Gasteiger partial charge in [0.05, 0.1) is 26.3 Å². The minimum Gasteiger partial charge on any atom is -0.493 e. The van der Waals surface area contributed by atoms with Crippen LogP contribution in [0.4, 0.5) is 0 Å². The zero-order chi connectivity index (χ0) is 10.6. The van der Waals surface area contributed by atoms with E-state index in [4.69, 9.17) is 9.84 Å². The first-order chi connectivity index (χ1) is 6.65. The number of methoxy groups -OCH3 is 2. The van der Waals surface area contributed by atoms with Gasteiger partial charge in [-0.2, -0.15) is 9.97 Å². The highest BCUT2D eigenvalue weighted by molar-refractivity contribution is 5.71. The maximum Gasteiger partial charge on any atom is 0.319 e. The highest BCUT2D eigenvalue weighted by atomic mass is 16.5. The molecule has 0 aliphatic heterocycles. The van der Waals surface area contributed by atoms with E-state index in [1.165, 1.54) is 20.3 Å². The quantitative estimate of drug-likeness (QED) is 0.683. The molecule has 0 radical (unpaired) electrons. The first-order valence-electron chi connectivity index (χ1n) is 3.83. The molecule has 1 heterocycles. The minimum absolute atomic E-state index is 0.0175. The summed E-state index contributed by atoms with van der Waals surface area (Å²) in [6, 6.07) is 1.29. The summed E-state index contributed by atoms with van der Waals surface area (Å²) in [6.07, 6.45) is -0.0249. The Balaban J connectivity index is 2.86. The fraction of sp³-hybridized carbons (Fsp3) is 0.375. The Kier molecular flexibility index (Phi) is 3.22. The van der Waals surface area contributed by atoms with Crippen LogP contribution < -0.4 is 4.74 Å². The molecular weight excluding hydrogens is 188 g/mol. The number of ether oxygens (including phenoxy) is 2. The van der Waals surface area contributed by atoms with E-state index in [0.29, 0.717) is 5.69 Å². The van der Waals surface area contributed by atoms with Gasteiger partial charge in [0.15, 0.2) is 0 Å². The molecule has 0 saturated carbocycles. The fourth-order valence-electron chi connectivity index (χ4n) is 0.861. The number of rotatable bonds is 3. The van der Waals surface area contributed by atoms with Gasteiger partial charge in [-0.3, -0.25) is 4.79 Å². The molecule has 6 nitrogen and oxygen atoms in total. The lowest BCUT2D eigenvalue weighted by Gasteiger charge is -2.02. The molecule has 14 heavy (non-hydrogen) atoms. The van der Waals surface area contributed by atoms with Gasteiger partial charge in [-0.15, -0.1) is 0 Å². The molecule has 0 bridgehead atoms. The van der Waals surface area contributed by atoms with Crippen molar-refractivity contribution in [3.8, 4) is 11.9 Å². The average Bonchev–Trinajstić information content (AvgIpc) is 2.16. The summed E-state index contributed by atoms with van der Waals surface area (Å²) >= 11 is 0. The summed E-state index contributed by atoms with van der Waals surface area (Å²) in [6.45, 7) is 0. The Bertz CT molecular complexity index is 340. The maximum atomic E-state index is 10.9. The number of carbonyl (C=O) groups excluding carboxylic acids is 1. The van der Waals surface area contributed by atoms with E-state index in [-0.39, 0.29) is 18.3 Å². The van der Waals surface area contributed by atoms with Crippen LogP contribution in [0.1, 0.15) is 5.69 Å². The van der Waals surface area contributed by atoms with Crippen molar-refractivity contribution >= 4 is 5.97 Å². The highest BCUT2D eigenvalue weighted by Gasteiger charge is 2.08. The van der Waals surface area contributed by atoms with E-state index in [2.05, 4.69) is 14.7 Å². The third kappa shape index (κ3) is 2.58. The smallest absolute Gasteiger partial charge is 0.319 e. The zero-order valence-corrected chi connectivity index (χ0v) is 7.85. The van der Waals surface area contributed by atoms with Gasteiger partial charge in [-0.25, -0.2) is 0 Å². The second kappa shape index (κ2) is 4.40. The van der Waals surface area contributed by atoms with Crippen molar-refractivity contribution in [2.75, 3.05) is 14.2 Å². The van der Waals surface area contributed by atoms with Crippen molar-refractivity contribution in [2.45, 2.75) is 6.42 Å². The third-order valence-electron chi connectivity index (χ3n) is 1.48. The van der Waals surface area contributed by atoms with Gasteiger partial charge in [0.2, 0.25) is 5.88 Å². The molecule has 0 spiro atoms. The summed E-state index contributed by atoms with van der Waals surface area (Å²) in [5, 5.41) is 9.13. The predicted molar refractivity (Wildman–Crippen MR) is 46.0 cm³/mol. The number of aromatic nitrogens is 2. The van der Waals surface area contributed by atoms with Gasteiger partial charge in [0.1, 0.15) is 0 Å². The molecule has 0 unspecified atom stereocenters. The van der Waals surface area contributed by atoms with Crippen LogP contribution >= 0.6 is 0 Å². The lowest BCUT2D eigenvalue weighted by molar-refractivity contribution is -0.139. The van der Waals surface area contributed by atoms with Crippen LogP contribution in [0.5, 0.6) is 11.9 Å². The van der Waals surface area contributed by atoms with Gasteiger partial charge in [0.25, 0.3) is 0 Å². The molecule has 1 aromatic rings. The van der Waals surface area contributed by atoms with Crippen LogP contribution in [0.2, 0.25) is 0 Å². The lowest BCUT2D eigenvalue weighted by atomic mass is 10.3. The number of carbonyl (C=O) groups is 1. The Morgan fingerprint density at radius 1 is 1.50 bits per heavy atom. The Labute approximate surface area is 80.5 Å². The molecule has 1 rings (SSSR count). The second-order valence-electron chi connectivity index (χ2n) is 2.46. The van der Waals surface area contributed by atoms with E-state index in [0.717, 1.165) is 0 Å². The Morgan fingerprint density at radius 3 is 2.79 bits per heavy atom. The second-order valence-corrected chi connectivity index (χ2v) is 2.46. The van der Waals surface area contributed by atoms with Gasteiger partial charge in [0, 0.05) is 6.07 Å². The van der Waals surface area contributed by atoms with Gasteiger partial charge < -0.3 is 14.6 Å². The van der Waals surface area contributed by atoms with Crippen LogP contribution in [-0.2, 0) is 16.0 Å². The van der Waals surface area contributed by atoms with Gasteiger partial charge in [-0.05, 0) is 0 Å². The standard InChI is InChI=1S/C8H10N2O4/c1-13-7(12)4-5-3-6(11)10-8(9-5)14-2/h3H,4H2,1-2H3,(H,9,10,11). The minimum atomic E-state index is -0.440. The Hall–Kier alpha value is -1.85. The van der Waals surface area contributed by atoms with Crippen molar-refractivity contribution in [1.82, 2.24) is 9.97 Å². The average molecular weight is 198 g/mol. The number of hydrogen-bond donors (Lipinski definition) is 1. The molecule has 0 aromatic carbocycles. The van der Waals surface area contributed by atoms with Crippen LogP contribution in [0.15, 0.2) is 6.07 Å². The van der Waals surface area contributed by atoms with E-state index in [1.807, 2.05) is 0 Å². The number of aromatic hydroxyl groups is 1. The van der Waals surface area contributed by atoms with Crippen molar-refractivity contribution in [2.24, 2.45) is 0 Å². The maximum absolute atomic E-state index is 10.9. The number of hydrogen-bond acceptors (Lipinski definition) is 6. The van der Waals surface area contributed by atoms with Crippen LogP contribution in [0.3, 0.4) is 0 Å². The fourth-order valence-corrected chi connectivity index (χ4v) is 0.861. The van der Waals surface area contributed by atoms with Crippen LogP contribution in [0.25, 0.3) is 0 Å². The third-order valence-corrected chi connectivity index (χ3v) is 1.48. The van der Waals surface area contributed by atoms with Crippen molar-refractivity contribution in [3.63, 3.8) is 0 Å². The number of nitrogens with zero attached hydrogens (tertiary/aromatic N) is 2. The molecule has 0 aliphatic carbocycles. The first-order valence-corrected chi connectivity index (χ1v) is 3.83. The molecule has 76 valence electrons. The molecule has 0 amide bonds. The SMILES string of the molecule is COC(=O)Cc1cc(O)nc(OC)n1. The molecule has 6 heteroatoms. The normalized spacial score (nSPS) is 9.57. The molecule has 1 N–H and O–H groups in total. The van der Waals surface area contributed by atoms with Crippen LogP contribution in [-0.4, -0.2) is 35.3 Å². The summed E-state index contributed by atoms with van der Waals surface area (Å²) in [5.41, 5.74) is 0.348. The summed E-state index contributed by atoms with van der Waals surface area (Å²) in [4.78, 5) is 18.3. The molecular formula is C8H10N2O4. The summed E-state index contributed by atoms with van der Waals surface area (Å²) < 4.78 is 9.16. The van der Waals surface area contributed by atoms with Crippen LogP contribution in [0, 0.1) is 0 Å². The molecule has 0 fully saturated rings. The predicted octanol–water partition coefficient (Wildman–Crippen LogP) is -0.0937. The largest absolute Gasteiger partial charge is 0.493 e. The molecule has 0 saturated heterocycles. The summed E-state index contributed by atoms with van der Waals surface area (Å²) in [7, 11) is 2.65. The van der Waals surface area contributed by atoms with E-state index in [1.54, 1.807) is 0 Å². The first kappa shape index (κ1) is 10.2. The van der Waals surface area contributed by atoms with Gasteiger partial charge >= 0.3 is 12.0 Å². The lowest BCUT2D eigenvalue weighted by Crippen LogP contribution is -2.07. The van der Waals surface area contributed by atoms with E-state index < -0.39 is 5.97 Å². The van der Waals surface area contributed by atoms with Crippen molar-refractivity contribution < 1.29 is 19.4 Å². The topological polar surface area (TPSA) is 81.5 Å². The van der Waals surface area contributed by atoms with Crippen molar-refractivity contribution in [1.29, 1.82) is 0 Å². The molecule has 0 aliphatic rings. The van der Waals surface area contributed by atoms with Gasteiger partial charge in [-0.1, -0.05) is 0 Å². The van der Waals surface area contributed by atoms with Crippen molar-refractivity contribution in [3.05, 3.63) is 11.8 Å². The monoisotopic (exact) mass is 198 g/mol. The molecule has 0 atom stereocenters. The summed E-state index contributed by atoms with van der Waals surface area (Å²) in [5.74, 6) is -0.680. The molecule has 1 aromatic heterocycles. The number of esters is 1. The van der Waals surface area contributed by atoms with E-state index in [9.17, 15) is 4.79 Å². The zero-order valence-electron chi connectivity index (χ0n) is 7.85. The highest BCUT2D eigenvalue weighted by Crippen LogP contribution is 2.12. The van der Waals surface area contributed by atoms with E-state index >= 15 is 0 Å². The Morgan fingerprint density at radius 2 is 2.21 bits per heavy atom.